The van der Waals surface area contributed by atoms with Crippen LogP contribution in [0, 0.1) is 18.8 Å². The minimum atomic E-state index is -0.142. The van der Waals surface area contributed by atoms with Gasteiger partial charge in [0.1, 0.15) is 0 Å². The van der Waals surface area contributed by atoms with Crippen LogP contribution in [0.5, 0.6) is 0 Å². The van der Waals surface area contributed by atoms with Crippen LogP contribution in [0.4, 0.5) is 5.69 Å². The predicted molar refractivity (Wildman–Crippen MR) is 91.2 cm³/mol. The minimum Gasteiger partial charge on any atom is -0.353 e. The van der Waals surface area contributed by atoms with E-state index in [4.69, 9.17) is 0 Å². The molecule has 1 N–H and O–H groups in total. The fourth-order valence-electron chi connectivity index (χ4n) is 3.60. The highest BCUT2D eigenvalue weighted by molar-refractivity contribution is 6.01. The van der Waals surface area contributed by atoms with Gasteiger partial charge in [-0.25, -0.2) is 0 Å². The van der Waals surface area contributed by atoms with Crippen LogP contribution in [-0.2, 0) is 9.59 Å². The van der Waals surface area contributed by atoms with Crippen LogP contribution in [0.1, 0.15) is 44.6 Å². The maximum absolute atomic E-state index is 12.7. The summed E-state index contributed by atoms with van der Waals surface area (Å²) in [5.74, 6) is -0.0981. The average Bonchev–Trinajstić information content (AvgIpc) is 3.18. The molecule has 0 heterocycles. The Hall–Kier alpha value is -1.84. The molecular weight excluding hydrogens is 288 g/mol. The van der Waals surface area contributed by atoms with Crippen molar-refractivity contribution in [2.45, 2.75) is 52.0 Å². The van der Waals surface area contributed by atoms with E-state index in [0.717, 1.165) is 24.1 Å². The van der Waals surface area contributed by atoms with E-state index >= 15 is 0 Å². The van der Waals surface area contributed by atoms with Gasteiger partial charge in [-0.15, -0.1) is 0 Å². The van der Waals surface area contributed by atoms with Crippen molar-refractivity contribution in [1.82, 2.24) is 5.32 Å². The third kappa shape index (κ3) is 3.57. The van der Waals surface area contributed by atoms with Crippen molar-refractivity contribution in [1.29, 1.82) is 0 Å². The average molecular weight is 314 g/mol. The molecule has 124 valence electrons. The molecule has 4 heteroatoms. The number of aryl methyl sites for hydroxylation is 1. The lowest BCUT2D eigenvalue weighted by atomic mass is 10.1. The first-order valence-corrected chi connectivity index (χ1v) is 8.78. The van der Waals surface area contributed by atoms with Crippen LogP contribution < -0.4 is 10.2 Å². The van der Waals surface area contributed by atoms with Crippen LogP contribution in [-0.4, -0.2) is 24.4 Å². The highest BCUT2D eigenvalue weighted by Gasteiger charge is 2.49. The molecule has 0 aromatic heterocycles. The fourth-order valence-corrected chi connectivity index (χ4v) is 3.60. The van der Waals surface area contributed by atoms with E-state index in [2.05, 4.69) is 5.32 Å². The maximum atomic E-state index is 12.7. The van der Waals surface area contributed by atoms with Crippen molar-refractivity contribution < 1.29 is 9.59 Å². The van der Waals surface area contributed by atoms with Gasteiger partial charge < -0.3 is 10.2 Å². The van der Waals surface area contributed by atoms with Gasteiger partial charge in [-0.1, -0.05) is 25.0 Å². The van der Waals surface area contributed by atoms with Gasteiger partial charge in [0.25, 0.3) is 0 Å². The molecule has 0 saturated heterocycles. The second-order valence-corrected chi connectivity index (χ2v) is 6.86. The van der Waals surface area contributed by atoms with Gasteiger partial charge in [-0.05, 0) is 50.8 Å². The minimum absolute atomic E-state index is 0.0792. The standard InChI is InChI=1S/C19H26N2O2/c1-3-21(15-10-6-7-13(2)11-15)19(23)17-12-16(17)18(22)20-14-8-4-5-9-14/h6-7,10-11,14,16-17H,3-5,8-9,12H2,1-2H3,(H,20,22). The fraction of sp³-hybridized carbons (Fsp3) is 0.579. The molecule has 3 rings (SSSR count). The van der Waals surface area contributed by atoms with Crippen molar-refractivity contribution in [3.05, 3.63) is 29.8 Å². The number of amides is 2. The molecule has 2 saturated carbocycles. The molecule has 2 amide bonds. The van der Waals surface area contributed by atoms with Gasteiger partial charge in [-0.3, -0.25) is 9.59 Å². The van der Waals surface area contributed by atoms with E-state index in [1.807, 2.05) is 38.1 Å². The zero-order chi connectivity index (χ0) is 16.4. The van der Waals surface area contributed by atoms with E-state index < -0.39 is 0 Å². The van der Waals surface area contributed by atoms with Crippen molar-refractivity contribution in [2.75, 3.05) is 11.4 Å². The summed E-state index contributed by atoms with van der Waals surface area (Å²) in [6, 6.07) is 8.31. The van der Waals surface area contributed by atoms with Crippen LogP contribution in [0.2, 0.25) is 0 Å². The van der Waals surface area contributed by atoms with Crippen molar-refractivity contribution >= 4 is 17.5 Å². The number of carbonyl (C=O) groups excluding carboxylic acids is 2. The molecule has 1 aromatic rings. The smallest absolute Gasteiger partial charge is 0.230 e. The number of hydrogen-bond donors (Lipinski definition) is 1. The molecule has 0 aliphatic heterocycles. The maximum Gasteiger partial charge on any atom is 0.230 e. The highest BCUT2D eigenvalue weighted by Crippen LogP contribution is 2.41. The Balaban J connectivity index is 1.60. The number of hydrogen-bond acceptors (Lipinski definition) is 2. The molecule has 2 unspecified atom stereocenters. The summed E-state index contributed by atoms with van der Waals surface area (Å²) < 4.78 is 0. The van der Waals surface area contributed by atoms with Crippen LogP contribution >= 0.6 is 0 Å². The SMILES string of the molecule is CCN(C(=O)C1CC1C(=O)NC1CCCC1)c1cccc(C)c1. The van der Waals surface area contributed by atoms with Crippen LogP contribution in [0.15, 0.2) is 24.3 Å². The third-order valence-corrected chi connectivity index (χ3v) is 5.04. The first kappa shape index (κ1) is 16.0. The van der Waals surface area contributed by atoms with Crippen LogP contribution in [0.25, 0.3) is 0 Å². The summed E-state index contributed by atoms with van der Waals surface area (Å²) in [5.41, 5.74) is 2.07. The predicted octanol–water partition coefficient (Wildman–Crippen LogP) is 3.04. The van der Waals surface area contributed by atoms with Crippen molar-refractivity contribution in [3.63, 3.8) is 0 Å². The first-order valence-electron chi connectivity index (χ1n) is 8.78. The molecule has 0 spiro atoms. The molecule has 1 aromatic carbocycles. The number of anilines is 1. The largest absolute Gasteiger partial charge is 0.353 e. The summed E-state index contributed by atoms with van der Waals surface area (Å²) in [7, 11) is 0. The number of nitrogens with one attached hydrogen (secondary N) is 1. The summed E-state index contributed by atoms with van der Waals surface area (Å²) in [5, 5.41) is 3.12. The normalized spacial score (nSPS) is 23.6. The highest BCUT2D eigenvalue weighted by atomic mass is 16.2. The van der Waals surface area contributed by atoms with Crippen LogP contribution in [0.3, 0.4) is 0 Å². The molecule has 2 fully saturated rings. The Morgan fingerprint density at radius 3 is 2.61 bits per heavy atom. The van der Waals surface area contributed by atoms with E-state index in [-0.39, 0.29) is 23.7 Å². The topological polar surface area (TPSA) is 49.4 Å². The van der Waals surface area contributed by atoms with Gasteiger partial charge in [-0.2, -0.15) is 0 Å². The summed E-state index contributed by atoms with van der Waals surface area (Å²) >= 11 is 0. The number of benzene rings is 1. The quantitative estimate of drug-likeness (QED) is 0.908. The Labute approximate surface area is 138 Å². The lowest BCUT2D eigenvalue weighted by Gasteiger charge is -2.22. The van der Waals surface area contributed by atoms with Gasteiger partial charge in [0.15, 0.2) is 0 Å². The molecule has 2 aliphatic carbocycles. The number of nitrogens with zero attached hydrogens (tertiary/aromatic N) is 1. The second-order valence-electron chi connectivity index (χ2n) is 6.86. The van der Waals surface area contributed by atoms with E-state index in [1.54, 1.807) is 4.90 Å². The molecule has 23 heavy (non-hydrogen) atoms. The van der Waals surface area contributed by atoms with E-state index in [9.17, 15) is 9.59 Å². The summed E-state index contributed by atoms with van der Waals surface area (Å²) in [6.07, 6.45) is 5.27. The Morgan fingerprint density at radius 2 is 1.96 bits per heavy atom. The molecule has 0 bridgehead atoms. The third-order valence-electron chi connectivity index (χ3n) is 5.04. The van der Waals surface area contributed by atoms with Crippen molar-refractivity contribution in [3.8, 4) is 0 Å². The summed E-state index contributed by atoms with van der Waals surface area (Å²) in [4.78, 5) is 26.8. The van der Waals surface area contributed by atoms with Gasteiger partial charge in [0, 0.05) is 18.3 Å². The zero-order valence-electron chi connectivity index (χ0n) is 14.0. The molecule has 2 atom stereocenters. The van der Waals surface area contributed by atoms with E-state index in [0.29, 0.717) is 19.0 Å². The molecule has 4 nitrogen and oxygen atoms in total. The second kappa shape index (κ2) is 6.73. The van der Waals surface area contributed by atoms with Crippen molar-refractivity contribution in [2.24, 2.45) is 11.8 Å². The number of rotatable bonds is 5. The molecule has 2 aliphatic rings. The molecule has 0 radical (unpaired) electrons. The Bertz CT molecular complexity index is 593. The van der Waals surface area contributed by atoms with E-state index in [1.165, 1.54) is 12.8 Å². The Morgan fingerprint density at radius 1 is 1.22 bits per heavy atom. The Kier molecular flexibility index (Phi) is 4.69. The lowest BCUT2D eigenvalue weighted by Crippen LogP contribution is -2.37. The lowest BCUT2D eigenvalue weighted by molar-refractivity contribution is -0.126. The first-order chi connectivity index (χ1) is 11.1. The summed E-state index contributed by atoms with van der Waals surface area (Å²) in [6.45, 7) is 4.64. The monoisotopic (exact) mass is 314 g/mol. The zero-order valence-corrected chi connectivity index (χ0v) is 14.0. The molecular formula is C19H26N2O2. The van der Waals surface area contributed by atoms with Gasteiger partial charge in [0.05, 0.1) is 11.8 Å². The number of carbonyl (C=O) groups is 2. The van der Waals surface area contributed by atoms with Gasteiger partial charge >= 0.3 is 0 Å². The van der Waals surface area contributed by atoms with Gasteiger partial charge in [0.2, 0.25) is 11.8 Å².